The Morgan fingerprint density at radius 3 is 2.48 bits per heavy atom. The molecule has 1 aliphatic carbocycles. The number of para-hydroxylation sites is 1. The second kappa shape index (κ2) is 17.5. The number of imidazole rings is 1. The number of piperazine rings is 1. The number of benzene rings is 4. The van der Waals surface area contributed by atoms with E-state index in [0.29, 0.717) is 11.3 Å². The number of halogens is 1. The zero-order chi connectivity index (χ0) is 42.9. The molecular formula is C45H51ClN8O6S. The Balaban J connectivity index is 1.02. The van der Waals surface area contributed by atoms with Crippen LogP contribution in [0.25, 0.3) is 16.6 Å². The second-order valence-corrected chi connectivity index (χ2v) is 19.2. The lowest BCUT2D eigenvalue weighted by atomic mass is 9.72. The van der Waals surface area contributed by atoms with Crippen molar-refractivity contribution >= 4 is 61.2 Å². The van der Waals surface area contributed by atoms with Crippen LogP contribution in [0.4, 0.5) is 17.1 Å². The number of aromatic amines is 1. The number of sulfonamides is 1. The van der Waals surface area contributed by atoms with Crippen molar-refractivity contribution in [3.63, 3.8) is 0 Å². The topological polar surface area (TPSA) is 166 Å². The molecule has 3 aliphatic rings. The SMILES string of the molecule is CN1CCC(Nc2ccc(S(=O)(=O)NC(=O)c3ccc(N4CCN(CC5=C(c6ccc(Cl)cc6)CC(C)(C)CC5)CC4)cc3Oc3cccc4[nH]cnc34)cc2[N+](=O)[O-])CC1. The van der Waals surface area contributed by atoms with Crippen LogP contribution in [0.5, 0.6) is 11.5 Å². The van der Waals surface area contributed by atoms with Crippen LogP contribution in [0.15, 0.2) is 95.7 Å². The maximum atomic E-state index is 14.0. The van der Waals surface area contributed by atoms with Gasteiger partial charge in [-0.1, -0.05) is 49.2 Å². The highest BCUT2D eigenvalue weighted by Gasteiger charge is 2.31. The molecule has 14 nitrogen and oxygen atoms in total. The number of H-pyrrole nitrogens is 1. The molecule has 4 aromatic carbocycles. The summed E-state index contributed by atoms with van der Waals surface area (Å²) in [7, 11) is -2.53. The zero-order valence-electron chi connectivity index (χ0n) is 34.6. The van der Waals surface area contributed by atoms with Gasteiger partial charge in [-0.05, 0) is 117 Å². The Morgan fingerprint density at radius 1 is 0.984 bits per heavy atom. The van der Waals surface area contributed by atoms with Crippen molar-refractivity contribution in [3.8, 4) is 11.5 Å². The first-order valence-electron chi connectivity index (χ1n) is 20.7. The van der Waals surface area contributed by atoms with E-state index in [-0.39, 0.29) is 28.5 Å². The number of rotatable bonds is 12. The Hall–Kier alpha value is -5.48. The van der Waals surface area contributed by atoms with E-state index in [1.807, 2.05) is 25.2 Å². The molecule has 0 unspecified atom stereocenters. The van der Waals surface area contributed by atoms with Gasteiger partial charge in [-0.15, -0.1) is 0 Å². The van der Waals surface area contributed by atoms with Crippen molar-refractivity contribution in [2.24, 2.45) is 5.41 Å². The summed E-state index contributed by atoms with van der Waals surface area (Å²) < 4.78 is 36.0. The third kappa shape index (κ3) is 9.70. The molecule has 1 aromatic heterocycles. The summed E-state index contributed by atoms with van der Waals surface area (Å²) in [6, 6.07) is 22.3. The van der Waals surface area contributed by atoms with Crippen LogP contribution < -0.4 is 19.7 Å². The summed E-state index contributed by atoms with van der Waals surface area (Å²) >= 11 is 6.24. The van der Waals surface area contributed by atoms with Gasteiger partial charge in [-0.25, -0.2) is 18.1 Å². The molecule has 2 aliphatic heterocycles. The summed E-state index contributed by atoms with van der Waals surface area (Å²) in [5.74, 6) is -0.437. The summed E-state index contributed by atoms with van der Waals surface area (Å²) in [5, 5.41) is 16.1. The van der Waals surface area contributed by atoms with Gasteiger partial charge >= 0.3 is 0 Å². The summed E-state index contributed by atoms with van der Waals surface area (Å²) in [6.07, 6.45) is 6.33. The molecule has 320 valence electrons. The fraction of sp³-hybridized carbons (Fsp3) is 0.378. The highest BCUT2D eigenvalue weighted by molar-refractivity contribution is 7.90. The lowest BCUT2D eigenvalue weighted by molar-refractivity contribution is -0.384. The molecule has 0 saturated carbocycles. The Kier molecular flexibility index (Phi) is 12.1. The highest BCUT2D eigenvalue weighted by Crippen LogP contribution is 2.43. The molecule has 3 N–H and O–H groups in total. The number of aromatic nitrogens is 2. The monoisotopic (exact) mass is 866 g/mol. The van der Waals surface area contributed by atoms with E-state index in [4.69, 9.17) is 16.3 Å². The number of ether oxygens (including phenoxy) is 1. The van der Waals surface area contributed by atoms with Gasteiger partial charge in [0.25, 0.3) is 21.6 Å². The smallest absolute Gasteiger partial charge is 0.293 e. The zero-order valence-corrected chi connectivity index (χ0v) is 36.2. The molecule has 0 radical (unpaired) electrons. The molecule has 0 spiro atoms. The number of nitro groups is 1. The largest absolute Gasteiger partial charge is 0.454 e. The molecule has 1 amide bonds. The summed E-state index contributed by atoms with van der Waals surface area (Å²) in [6.45, 7) is 10.3. The van der Waals surface area contributed by atoms with Crippen molar-refractivity contribution in [3.05, 3.63) is 117 Å². The maximum Gasteiger partial charge on any atom is 0.293 e. The predicted molar refractivity (Wildman–Crippen MR) is 239 cm³/mol. The van der Waals surface area contributed by atoms with Crippen molar-refractivity contribution in [2.45, 2.75) is 56.9 Å². The Labute approximate surface area is 361 Å². The highest BCUT2D eigenvalue weighted by atomic mass is 35.5. The summed E-state index contributed by atoms with van der Waals surface area (Å²) in [5.41, 5.74) is 6.22. The number of carbonyl (C=O) groups excluding carboxylic acids is 1. The van der Waals surface area contributed by atoms with Crippen molar-refractivity contribution in [1.29, 1.82) is 0 Å². The van der Waals surface area contributed by atoms with Crippen LogP contribution >= 0.6 is 11.6 Å². The van der Waals surface area contributed by atoms with Crippen molar-refractivity contribution in [1.82, 2.24) is 24.5 Å². The van der Waals surface area contributed by atoms with Crippen LogP contribution in [0.1, 0.15) is 61.9 Å². The van der Waals surface area contributed by atoms with Gasteiger partial charge in [0, 0.05) is 61.6 Å². The molecule has 5 aromatic rings. The number of amides is 1. The first kappa shape index (κ1) is 42.2. The first-order valence-corrected chi connectivity index (χ1v) is 22.6. The molecule has 8 rings (SSSR count). The molecule has 2 saturated heterocycles. The normalized spacial score (nSPS) is 18.0. The van der Waals surface area contributed by atoms with E-state index in [9.17, 15) is 23.3 Å². The molecular weight excluding hydrogens is 816 g/mol. The number of carbonyl (C=O) groups is 1. The van der Waals surface area contributed by atoms with Gasteiger partial charge in [0.1, 0.15) is 17.0 Å². The Morgan fingerprint density at radius 2 is 1.74 bits per heavy atom. The average molecular weight is 867 g/mol. The minimum Gasteiger partial charge on any atom is -0.454 e. The van der Waals surface area contributed by atoms with Gasteiger partial charge < -0.3 is 24.8 Å². The predicted octanol–water partition coefficient (Wildman–Crippen LogP) is 8.33. The third-order valence-corrected chi connectivity index (χ3v) is 13.7. The molecule has 16 heteroatoms. The van der Waals surface area contributed by atoms with Gasteiger partial charge in [0.05, 0.1) is 27.2 Å². The fourth-order valence-corrected chi connectivity index (χ4v) is 9.69. The van der Waals surface area contributed by atoms with Crippen LogP contribution in [-0.2, 0) is 10.0 Å². The molecule has 2 fully saturated rings. The number of nitrogens with zero attached hydrogens (tertiary/aromatic N) is 5. The number of allylic oxidation sites excluding steroid dienone is 1. The minimum atomic E-state index is -4.55. The van der Waals surface area contributed by atoms with E-state index >= 15 is 0 Å². The Bertz CT molecular complexity index is 2580. The van der Waals surface area contributed by atoms with Gasteiger partial charge in [-0.3, -0.25) is 19.8 Å². The molecule has 0 bridgehead atoms. The maximum absolute atomic E-state index is 14.0. The number of fused-ring (bicyclic) bond motifs is 1. The lowest BCUT2D eigenvalue weighted by Gasteiger charge is -2.39. The number of hydrogen-bond donors (Lipinski definition) is 3. The van der Waals surface area contributed by atoms with Crippen molar-refractivity contribution in [2.75, 3.05) is 63.1 Å². The van der Waals surface area contributed by atoms with Crippen LogP contribution in [0.3, 0.4) is 0 Å². The van der Waals surface area contributed by atoms with E-state index < -0.39 is 31.4 Å². The minimum absolute atomic E-state index is 0.00986. The first-order chi connectivity index (χ1) is 29.2. The quantitative estimate of drug-likeness (QED) is 0.0816. The average Bonchev–Trinajstić information content (AvgIpc) is 3.73. The van der Waals surface area contributed by atoms with Gasteiger partial charge in [-0.2, -0.15) is 0 Å². The van der Waals surface area contributed by atoms with Gasteiger partial charge in [0.2, 0.25) is 0 Å². The third-order valence-electron chi connectivity index (χ3n) is 12.2. The number of anilines is 2. The van der Waals surface area contributed by atoms with Crippen molar-refractivity contribution < 1.29 is 22.9 Å². The van der Waals surface area contributed by atoms with E-state index in [2.05, 4.69) is 60.7 Å². The standard InChI is InChI=1S/C45H51ClN8O6S/c1-45(2)18-15-31(37(27-45)30-7-9-32(46)10-8-30)28-52-21-23-53(24-22-52)34-11-13-36(42(25-34)60-41-6-4-5-39-43(41)48-29-47-39)44(55)50-61(58,59)35-12-14-38(40(26-35)54(56)57)49-33-16-19-51(3)20-17-33/h4-14,25-26,29,33,49H,15-24,27-28H2,1-3H3,(H,47,48)(H,50,55). The van der Waals surface area contributed by atoms with Crippen LogP contribution in [0, 0.1) is 15.5 Å². The molecule has 3 heterocycles. The van der Waals surface area contributed by atoms with E-state index in [0.717, 1.165) is 100 Å². The number of nitro benzene ring substituents is 1. The second-order valence-electron chi connectivity index (χ2n) is 17.1. The number of hydrogen-bond acceptors (Lipinski definition) is 11. The number of nitrogens with one attached hydrogen (secondary N) is 3. The van der Waals surface area contributed by atoms with Gasteiger partial charge in [0.15, 0.2) is 5.75 Å². The van der Waals surface area contributed by atoms with E-state index in [1.54, 1.807) is 36.7 Å². The van der Waals surface area contributed by atoms with Crippen LogP contribution in [-0.4, -0.2) is 97.9 Å². The number of likely N-dealkylation sites (tertiary alicyclic amines) is 1. The van der Waals surface area contributed by atoms with Crippen LogP contribution in [0.2, 0.25) is 5.02 Å². The lowest BCUT2D eigenvalue weighted by Crippen LogP contribution is -2.47. The fourth-order valence-electron chi connectivity index (χ4n) is 8.58. The molecule has 61 heavy (non-hydrogen) atoms. The number of piperidine rings is 1. The summed E-state index contributed by atoms with van der Waals surface area (Å²) in [4.78, 5) is 39.4. The van der Waals surface area contributed by atoms with E-state index in [1.165, 1.54) is 28.8 Å². The molecule has 0 atom stereocenters.